The maximum Gasteiger partial charge on any atom is 0.312 e. The normalized spacial score (nSPS) is 25.3. The summed E-state index contributed by atoms with van der Waals surface area (Å²) in [6.07, 6.45) is 1.51. The molecule has 0 bridgehead atoms. The first kappa shape index (κ1) is 13.0. The van der Waals surface area contributed by atoms with Gasteiger partial charge >= 0.3 is 5.69 Å². The predicted octanol–water partition coefficient (Wildman–Crippen LogP) is 2.21. The molecule has 0 saturated heterocycles. The van der Waals surface area contributed by atoms with Crippen LogP contribution < -0.4 is 5.32 Å². The SMILES string of the molecule is CC1(C)C(O)CC1Nc1ncc(Cl)cc1[N+](=O)[O-]. The lowest BCUT2D eigenvalue weighted by Gasteiger charge is -2.49. The third kappa shape index (κ3) is 2.13. The van der Waals surface area contributed by atoms with Gasteiger partial charge in [-0.25, -0.2) is 4.98 Å². The highest BCUT2D eigenvalue weighted by atomic mass is 35.5. The molecule has 1 aliphatic carbocycles. The van der Waals surface area contributed by atoms with E-state index >= 15 is 0 Å². The zero-order valence-corrected chi connectivity index (χ0v) is 10.8. The van der Waals surface area contributed by atoms with Crippen LogP contribution in [-0.4, -0.2) is 27.2 Å². The van der Waals surface area contributed by atoms with Crippen molar-refractivity contribution >= 4 is 23.1 Å². The summed E-state index contributed by atoms with van der Waals surface area (Å²) in [5.74, 6) is 0.189. The van der Waals surface area contributed by atoms with E-state index in [1.54, 1.807) is 0 Å². The molecule has 98 valence electrons. The minimum absolute atomic E-state index is 0.0418. The number of aromatic nitrogens is 1. The number of pyridine rings is 1. The van der Waals surface area contributed by atoms with Gasteiger partial charge in [0.05, 0.1) is 16.0 Å². The molecule has 2 N–H and O–H groups in total. The summed E-state index contributed by atoms with van der Waals surface area (Å²) in [6.45, 7) is 3.81. The van der Waals surface area contributed by atoms with E-state index in [0.717, 1.165) is 0 Å². The van der Waals surface area contributed by atoms with Gasteiger partial charge in [0.2, 0.25) is 5.82 Å². The van der Waals surface area contributed by atoms with Gasteiger partial charge in [0.25, 0.3) is 0 Å². The average molecular weight is 272 g/mol. The molecule has 0 amide bonds. The number of nitrogens with one attached hydrogen (secondary N) is 1. The van der Waals surface area contributed by atoms with Gasteiger partial charge in [-0.3, -0.25) is 10.1 Å². The molecular weight excluding hydrogens is 258 g/mol. The van der Waals surface area contributed by atoms with Crippen molar-refractivity contribution in [1.29, 1.82) is 0 Å². The van der Waals surface area contributed by atoms with E-state index in [9.17, 15) is 15.2 Å². The molecule has 1 saturated carbocycles. The Morgan fingerprint density at radius 3 is 2.83 bits per heavy atom. The number of hydrogen-bond acceptors (Lipinski definition) is 5. The van der Waals surface area contributed by atoms with Gasteiger partial charge in [0.15, 0.2) is 0 Å². The highest BCUT2D eigenvalue weighted by molar-refractivity contribution is 6.30. The number of nitrogens with zero attached hydrogens (tertiary/aromatic N) is 2. The molecule has 0 spiro atoms. The van der Waals surface area contributed by atoms with Crippen molar-refractivity contribution in [2.75, 3.05) is 5.32 Å². The van der Waals surface area contributed by atoms with Crippen LogP contribution >= 0.6 is 11.6 Å². The summed E-state index contributed by atoms with van der Waals surface area (Å²) < 4.78 is 0. The van der Waals surface area contributed by atoms with Crippen LogP contribution in [0.15, 0.2) is 12.3 Å². The van der Waals surface area contributed by atoms with Crippen LogP contribution in [0.4, 0.5) is 11.5 Å². The van der Waals surface area contributed by atoms with Gasteiger partial charge in [-0.15, -0.1) is 0 Å². The topological polar surface area (TPSA) is 88.3 Å². The maximum atomic E-state index is 10.9. The smallest absolute Gasteiger partial charge is 0.312 e. The lowest BCUT2D eigenvalue weighted by Crippen LogP contribution is -2.57. The lowest BCUT2D eigenvalue weighted by atomic mass is 9.64. The molecule has 6 nitrogen and oxygen atoms in total. The van der Waals surface area contributed by atoms with Gasteiger partial charge in [0.1, 0.15) is 0 Å². The summed E-state index contributed by atoms with van der Waals surface area (Å²) >= 11 is 5.69. The fourth-order valence-electron chi connectivity index (χ4n) is 1.99. The van der Waals surface area contributed by atoms with Crippen LogP contribution in [0.2, 0.25) is 5.02 Å². The van der Waals surface area contributed by atoms with Crippen molar-refractivity contribution in [2.24, 2.45) is 5.41 Å². The summed E-state index contributed by atoms with van der Waals surface area (Å²) in [4.78, 5) is 14.3. The molecular formula is C11H14ClN3O3. The van der Waals surface area contributed by atoms with E-state index < -0.39 is 11.0 Å². The number of halogens is 1. The molecule has 0 radical (unpaired) electrons. The summed E-state index contributed by atoms with van der Waals surface area (Å²) in [7, 11) is 0. The minimum atomic E-state index is -0.524. The van der Waals surface area contributed by atoms with Gasteiger partial charge in [-0.2, -0.15) is 0 Å². The Balaban J connectivity index is 2.23. The number of rotatable bonds is 3. The van der Waals surface area contributed by atoms with Crippen molar-refractivity contribution in [3.05, 3.63) is 27.4 Å². The van der Waals surface area contributed by atoms with E-state index in [1.807, 2.05) is 13.8 Å². The standard InChI is InChI=1S/C11H14ClN3O3/c1-11(2)8(4-9(11)16)14-10-7(15(17)18)3-6(12)5-13-10/h3,5,8-9,16H,4H2,1-2H3,(H,13,14). The van der Waals surface area contributed by atoms with Crippen LogP contribution in [0.1, 0.15) is 20.3 Å². The number of hydrogen-bond donors (Lipinski definition) is 2. The van der Waals surface area contributed by atoms with Crippen molar-refractivity contribution in [3.63, 3.8) is 0 Å². The van der Waals surface area contributed by atoms with E-state index in [0.29, 0.717) is 6.42 Å². The monoisotopic (exact) mass is 271 g/mol. The number of aliphatic hydroxyl groups is 1. The summed E-state index contributed by atoms with van der Waals surface area (Å²) in [5.41, 5.74) is -0.477. The van der Waals surface area contributed by atoms with E-state index in [-0.39, 0.29) is 28.0 Å². The minimum Gasteiger partial charge on any atom is -0.392 e. The van der Waals surface area contributed by atoms with Gasteiger partial charge < -0.3 is 10.4 Å². The fraction of sp³-hybridized carbons (Fsp3) is 0.545. The van der Waals surface area contributed by atoms with Crippen molar-refractivity contribution in [1.82, 2.24) is 4.98 Å². The highest BCUT2D eigenvalue weighted by Crippen LogP contribution is 2.43. The predicted molar refractivity (Wildman–Crippen MR) is 67.7 cm³/mol. The number of aliphatic hydroxyl groups excluding tert-OH is 1. The Hall–Kier alpha value is -1.40. The third-order valence-electron chi connectivity index (χ3n) is 3.56. The lowest BCUT2D eigenvalue weighted by molar-refractivity contribution is -0.384. The zero-order chi connectivity index (χ0) is 13.5. The van der Waals surface area contributed by atoms with E-state index in [4.69, 9.17) is 11.6 Å². The molecule has 0 aliphatic heterocycles. The quantitative estimate of drug-likeness (QED) is 0.650. The van der Waals surface area contributed by atoms with Gasteiger partial charge in [-0.05, 0) is 6.42 Å². The first-order valence-electron chi connectivity index (χ1n) is 5.57. The summed E-state index contributed by atoms with van der Waals surface area (Å²) in [6, 6.07) is 1.22. The molecule has 2 atom stereocenters. The van der Waals surface area contributed by atoms with Gasteiger partial charge in [-0.1, -0.05) is 25.4 Å². The van der Waals surface area contributed by atoms with E-state index in [2.05, 4.69) is 10.3 Å². The van der Waals surface area contributed by atoms with Crippen LogP contribution in [0, 0.1) is 15.5 Å². The fourth-order valence-corrected chi connectivity index (χ4v) is 2.14. The molecule has 2 rings (SSSR count). The highest BCUT2D eigenvalue weighted by Gasteiger charge is 2.48. The Morgan fingerprint density at radius 1 is 1.67 bits per heavy atom. The number of anilines is 1. The second-order valence-electron chi connectivity index (χ2n) is 5.05. The molecule has 18 heavy (non-hydrogen) atoms. The maximum absolute atomic E-state index is 10.9. The van der Waals surface area contributed by atoms with E-state index in [1.165, 1.54) is 12.3 Å². The van der Waals surface area contributed by atoms with Gasteiger partial charge in [0, 0.05) is 23.7 Å². The van der Waals surface area contributed by atoms with Crippen molar-refractivity contribution in [2.45, 2.75) is 32.4 Å². The molecule has 1 aromatic heterocycles. The zero-order valence-electron chi connectivity index (χ0n) is 10.1. The molecule has 2 unspecified atom stereocenters. The Kier molecular flexibility index (Phi) is 3.16. The molecule has 0 aromatic carbocycles. The molecule has 1 heterocycles. The van der Waals surface area contributed by atoms with Crippen LogP contribution in [0.25, 0.3) is 0 Å². The average Bonchev–Trinajstić information content (AvgIpc) is 2.30. The first-order chi connectivity index (χ1) is 8.32. The molecule has 1 aromatic rings. The van der Waals surface area contributed by atoms with Crippen LogP contribution in [-0.2, 0) is 0 Å². The molecule has 1 fully saturated rings. The Bertz CT molecular complexity index is 492. The summed E-state index contributed by atoms with van der Waals surface area (Å²) in [5, 5.41) is 23.8. The van der Waals surface area contributed by atoms with Crippen molar-refractivity contribution < 1.29 is 10.0 Å². The Labute approximate surface area is 109 Å². The van der Waals surface area contributed by atoms with Crippen LogP contribution in [0.3, 0.4) is 0 Å². The number of nitro groups is 1. The Morgan fingerprint density at radius 2 is 2.33 bits per heavy atom. The third-order valence-corrected chi connectivity index (χ3v) is 3.76. The largest absolute Gasteiger partial charge is 0.392 e. The molecule has 1 aliphatic rings. The van der Waals surface area contributed by atoms with Crippen molar-refractivity contribution in [3.8, 4) is 0 Å². The first-order valence-corrected chi connectivity index (χ1v) is 5.94. The second kappa shape index (κ2) is 4.37. The van der Waals surface area contributed by atoms with Crippen LogP contribution in [0.5, 0.6) is 0 Å². The second-order valence-corrected chi connectivity index (χ2v) is 5.48. The molecule has 7 heteroatoms.